The molecular weight excluding hydrogens is 328 g/mol. The number of anilines is 1. The van der Waals surface area contributed by atoms with E-state index in [1.165, 1.54) is 16.7 Å². The van der Waals surface area contributed by atoms with Crippen LogP contribution in [-0.2, 0) is 14.4 Å². The first-order chi connectivity index (χ1) is 11.4. The van der Waals surface area contributed by atoms with Gasteiger partial charge in [0.15, 0.2) is 0 Å². The first kappa shape index (κ1) is 18.3. The summed E-state index contributed by atoms with van der Waals surface area (Å²) in [6.07, 6.45) is 1.19. The van der Waals surface area contributed by atoms with Crippen molar-refractivity contribution in [3.05, 3.63) is 29.8 Å². The minimum absolute atomic E-state index is 0.145. The molecule has 1 fully saturated rings. The molecule has 0 spiro atoms. The van der Waals surface area contributed by atoms with Crippen molar-refractivity contribution in [3.63, 3.8) is 0 Å². The topological polar surface area (TPSA) is 86.7 Å². The fourth-order valence-electron chi connectivity index (χ4n) is 2.63. The van der Waals surface area contributed by atoms with Crippen LogP contribution in [0.2, 0.25) is 0 Å². The molecule has 0 radical (unpaired) electrons. The fraction of sp³-hybridized carbons (Fsp3) is 0.471. The van der Waals surface area contributed by atoms with Crippen LogP contribution in [0.25, 0.3) is 0 Å². The van der Waals surface area contributed by atoms with Gasteiger partial charge in [-0.25, -0.2) is 4.79 Å². The molecule has 1 aromatic carbocycles. The van der Waals surface area contributed by atoms with Gasteiger partial charge in [0.2, 0.25) is 11.8 Å². The third-order valence-corrected chi connectivity index (χ3v) is 5.10. The lowest BCUT2D eigenvalue weighted by atomic mass is 10.2. The normalized spacial score (nSPS) is 18.2. The highest BCUT2D eigenvalue weighted by molar-refractivity contribution is 8.01. The number of likely N-dealkylation sites (tertiary alicyclic amines) is 1. The maximum Gasteiger partial charge on any atom is 0.326 e. The number of carbonyl (C=O) groups is 3. The lowest BCUT2D eigenvalue weighted by Crippen LogP contribution is -2.44. The van der Waals surface area contributed by atoms with E-state index in [0.717, 1.165) is 11.3 Å². The van der Waals surface area contributed by atoms with E-state index in [9.17, 15) is 14.4 Å². The van der Waals surface area contributed by atoms with Crippen LogP contribution in [0.15, 0.2) is 24.3 Å². The van der Waals surface area contributed by atoms with Crippen molar-refractivity contribution in [1.29, 1.82) is 0 Å². The van der Waals surface area contributed by atoms with Crippen molar-refractivity contribution in [2.24, 2.45) is 0 Å². The van der Waals surface area contributed by atoms with Gasteiger partial charge in [-0.15, -0.1) is 11.8 Å². The lowest BCUT2D eigenvalue weighted by Gasteiger charge is -2.24. The zero-order valence-electron chi connectivity index (χ0n) is 13.8. The summed E-state index contributed by atoms with van der Waals surface area (Å²) in [5, 5.41) is 11.5. The summed E-state index contributed by atoms with van der Waals surface area (Å²) >= 11 is 1.22. The van der Waals surface area contributed by atoms with Crippen LogP contribution < -0.4 is 5.32 Å². The Hall–Kier alpha value is -2.02. The van der Waals surface area contributed by atoms with E-state index in [-0.39, 0.29) is 17.6 Å². The van der Waals surface area contributed by atoms with Crippen LogP contribution in [-0.4, -0.2) is 51.4 Å². The Morgan fingerprint density at radius 2 is 2.00 bits per heavy atom. The van der Waals surface area contributed by atoms with E-state index >= 15 is 0 Å². The zero-order chi connectivity index (χ0) is 17.7. The van der Waals surface area contributed by atoms with Gasteiger partial charge in [0.05, 0.1) is 11.0 Å². The number of carboxylic acid groups (broad SMARTS) is 1. The van der Waals surface area contributed by atoms with E-state index in [0.29, 0.717) is 19.4 Å². The Labute approximate surface area is 145 Å². The Balaban J connectivity index is 1.82. The van der Waals surface area contributed by atoms with Crippen molar-refractivity contribution in [2.45, 2.75) is 38.0 Å². The molecular formula is C17H22N2O4S. The highest BCUT2D eigenvalue weighted by atomic mass is 32.2. The number of nitrogens with one attached hydrogen (secondary N) is 1. The van der Waals surface area contributed by atoms with Crippen LogP contribution in [0.5, 0.6) is 0 Å². The molecule has 0 aromatic heterocycles. The predicted octanol–water partition coefficient (Wildman–Crippen LogP) is 2.13. The Bertz CT molecular complexity index is 618. The van der Waals surface area contributed by atoms with Crippen molar-refractivity contribution < 1.29 is 19.5 Å². The third kappa shape index (κ3) is 4.74. The molecule has 0 aliphatic carbocycles. The molecule has 24 heavy (non-hydrogen) atoms. The number of hydrogen-bond donors (Lipinski definition) is 2. The number of hydrogen-bond acceptors (Lipinski definition) is 4. The van der Waals surface area contributed by atoms with Crippen LogP contribution in [0, 0.1) is 6.92 Å². The third-order valence-electron chi connectivity index (χ3n) is 3.97. The second-order valence-corrected chi connectivity index (χ2v) is 7.22. The maximum atomic E-state index is 12.4. The van der Waals surface area contributed by atoms with Gasteiger partial charge in [-0.2, -0.15) is 0 Å². The standard InChI is InChI=1S/C17H22N2O4S/c1-11-5-7-13(8-6-11)18-15(20)10-24-12(2)16(21)19-9-3-4-14(19)17(22)23/h5-8,12,14H,3-4,9-10H2,1-2H3,(H,18,20)(H,22,23)/t12?,14-/m1/s1. The highest BCUT2D eigenvalue weighted by Gasteiger charge is 2.35. The lowest BCUT2D eigenvalue weighted by molar-refractivity contribution is -0.147. The number of aliphatic carboxylic acids is 1. The largest absolute Gasteiger partial charge is 0.480 e. The number of carboxylic acids is 1. The van der Waals surface area contributed by atoms with E-state index in [4.69, 9.17) is 5.11 Å². The summed E-state index contributed by atoms with van der Waals surface area (Å²) in [5.74, 6) is -1.21. The van der Waals surface area contributed by atoms with Gasteiger partial charge < -0.3 is 15.3 Å². The van der Waals surface area contributed by atoms with Gasteiger partial charge in [0.25, 0.3) is 0 Å². The zero-order valence-corrected chi connectivity index (χ0v) is 14.6. The molecule has 6 nitrogen and oxygen atoms in total. The van der Waals surface area contributed by atoms with Crippen LogP contribution in [0.1, 0.15) is 25.3 Å². The number of nitrogens with zero attached hydrogens (tertiary/aromatic N) is 1. The number of benzene rings is 1. The first-order valence-corrected chi connectivity index (χ1v) is 8.95. The van der Waals surface area contributed by atoms with E-state index in [1.54, 1.807) is 6.92 Å². The molecule has 2 rings (SSSR count). The van der Waals surface area contributed by atoms with Crippen molar-refractivity contribution in [1.82, 2.24) is 4.90 Å². The summed E-state index contributed by atoms with van der Waals surface area (Å²) in [4.78, 5) is 36.9. The molecule has 2 N–H and O–H groups in total. The van der Waals surface area contributed by atoms with Gasteiger partial charge in [0.1, 0.15) is 6.04 Å². The molecule has 1 heterocycles. The molecule has 1 aromatic rings. The van der Waals surface area contributed by atoms with Gasteiger partial charge >= 0.3 is 5.97 Å². The monoisotopic (exact) mass is 350 g/mol. The number of aryl methyl sites for hydroxylation is 1. The molecule has 2 atom stereocenters. The summed E-state index contributed by atoms with van der Waals surface area (Å²) in [6.45, 7) is 4.15. The number of amides is 2. The molecule has 2 amide bonds. The molecule has 1 saturated heterocycles. The minimum Gasteiger partial charge on any atom is -0.480 e. The quantitative estimate of drug-likeness (QED) is 0.821. The smallest absolute Gasteiger partial charge is 0.326 e. The fourth-order valence-corrected chi connectivity index (χ4v) is 3.38. The van der Waals surface area contributed by atoms with Crippen LogP contribution in [0.3, 0.4) is 0 Å². The van der Waals surface area contributed by atoms with Crippen molar-refractivity contribution >= 4 is 35.2 Å². The number of thioether (sulfide) groups is 1. The highest BCUT2D eigenvalue weighted by Crippen LogP contribution is 2.22. The van der Waals surface area contributed by atoms with E-state index in [2.05, 4.69) is 5.32 Å². The SMILES string of the molecule is Cc1ccc(NC(=O)CSC(C)C(=O)N2CCC[C@@H]2C(=O)O)cc1. The average molecular weight is 350 g/mol. The molecule has 7 heteroatoms. The second-order valence-electron chi connectivity index (χ2n) is 5.90. The second kappa shape index (κ2) is 8.19. The van der Waals surface area contributed by atoms with Crippen molar-refractivity contribution in [2.75, 3.05) is 17.6 Å². The van der Waals surface area contributed by atoms with E-state index < -0.39 is 17.3 Å². The van der Waals surface area contributed by atoms with E-state index in [1.807, 2.05) is 31.2 Å². The van der Waals surface area contributed by atoms with Crippen molar-refractivity contribution in [3.8, 4) is 0 Å². The van der Waals surface area contributed by atoms with Crippen LogP contribution in [0.4, 0.5) is 5.69 Å². The Kier molecular flexibility index (Phi) is 6.25. The molecule has 130 valence electrons. The van der Waals surface area contributed by atoms with Gasteiger partial charge in [0, 0.05) is 12.2 Å². The number of carbonyl (C=O) groups excluding carboxylic acids is 2. The molecule has 1 aliphatic heterocycles. The molecule has 1 aliphatic rings. The molecule has 0 bridgehead atoms. The summed E-state index contributed by atoms with van der Waals surface area (Å²) in [7, 11) is 0. The maximum absolute atomic E-state index is 12.4. The minimum atomic E-state index is -0.963. The summed E-state index contributed by atoms with van der Waals surface area (Å²) in [6, 6.07) is 6.74. The number of rotatable bonds is 6. The van der Waals surface area contributed by atoms with Gasteiger partial charge in [-0.1, -0.05) is 17.7 Å². The average Bonchev–Trinajstić information content (AvgIpc) is 3.04. The summed E-state index contributed by atoms with van der Waals surface area (Å²) < 4.78 is 0. The predicted molar refractivity (Wildman–Crippen MR) is 94.1 cm³/mol. The molecule has 0 saturated carbocycles. The van der Waals surface area contributed by atoms with Crippen LogP contribution >= 0.6 is 11.8 Å². The van der Waals surface area contributed by atoms with Gasteiger partial charge in [-0.3, -0.25) is 9.59 Å². The Morgan fingerprint density at radius 1 is 1.33 bits per heavy atom. The first-order valence-electron chi connectivity index (χ1n) is 7.90. The summed E-state index contributed by atoms with van der Waals surface area (Å²) in [5.41, 5.74) is 1.83. The Morgan fingerprint density at radius 3 is 2.62 bits per heavy atom. The van der Waals surface area contributed by atoms with Gasteiger partial charge in [-0.05, 0) is 38.8 Å². The molecule has 1 unspecified atom stereocenters.